The SMILES string of the molecule is CC(C)(C)C(=O)[C@@H](O[Si](C)(C)C(C)(C)C)[C@H](Cc1cccc(F)c1)NC(=O)O. The van der Waals surface area contributed by atoms with Crippen LogP contribution in [-0.4, -0.2) is 37.4 Å². The molecule has 0 saturated heterocycles. The van der Waals surface area contributed by atoms with E-state index in [1.165, 1.54) is 12.1 Å². The van der Waals surface area contributed by atoms with Gasteiger partial charge in [0.2, 0.25) is 0 Å². The van der Waals surface area contributed by atoms with Crippen molar-refractivity contribution in [3.05, 3.63) is 35.6 Å². The first-order valence-electron chi connectivity index (χ1n) is 9.50. The fourth-order valence-electron chi connectivity index (χ4n) is 2.55. The van der Waals surface area contributed by atoms with Crippen molar-refractivity contribution in [3.8, 4) is 0 Å². The minimum absolute atomic E-state index is 0.157. The smallest absolute Gasteiger partial charge is 0.404 e. The Kier molecular flexibility index (Phi) is 7.58. The topological polar surface area (TPSA) is 75.6 Å². The minimum Gasteiger partial charge on any atom is -0.465 e. The fraction of sp³-hybridized carbons (Fsp3) is 0.619. The van der Waals surface area contributed by atoms with Gasteiger partial charge in [-0.25, -0.2) is 9.18 Å². The van der Waals surface area contributed by atoms with Gasteiger partial charge < -0.3 is 14.8 Å². The van der Waals surface area contributed by atoms with Gasteiger partial charge >= 0.3 is 6.09 Å². The fourth-order valence-corrected chi connectivity index (χ4v) is 3.81. The van der Waals surface area contributed by atoms with Gasteiger partial charge in [0.1, 0.15) is 11.9 Å². The molecule has 0 heterocycles. The first-order chi connectivity index (χ1) is 12.5. The number of Topliss-reactive ketones (excluding diaryl/α,β-unsaturated/α-hetero) is 1. The number of carbonyl (C=O) groups is 2. The van der Waals surface area contributed by atoms with Crippen LogP contribution in [0.1, 0.15) is 47.1 Å². The molecule has 1 amide bonds. The Morgan fingerprint density at radius 2 is 1.75 bits per heavy atom. The average Bonchev–Trinajstić information content (AvgIpc) is 2.49. The molecule has 1 aromatic rings. The van der Waals surface area contributed by atoms with Crippen molar-refractivity contribution in [3.63, 3.8) is 0 Å². The number of carboxylic acid groups (broad SMARTS) is 1. The molecule has 0 aromatic heterocycles. The van der Waals surface area contributed by atoms with Gasteiger partial charge in [-0.05, 0) is 42.2 Å². The number of nitrogens with one attached hydrogen (secondary N) is 1. The van der Waals surface area contributed by atoms with Gasteiger partial charge in [-0.1, -0.05) is 53.7 Å². The van der Waals surface area contributed by atoms with Crippen molar-refractivity contribution in [1.29, 1.82) is 0 Å². The summed E-state index contributed by atoms with van der Waals surface area (Å²) >= 11 is 0. The maximum absolute atomic E-state index is 13.6. The molecular formula is C21H34FNO4Si. The summed E-state index contributed by atoms with van der Waals surface area (Å²) in [4.78, 5) is 24.7. The van der Waals surface area contributed by atoms with E-state index in [1.807, 2.05) is 13.1 Å². The van der Waals surface area contributed by atoms with Crippen LogP contribution in [0.2, 0.25) is 18.1 Å². The second-order valence-corrected chi connectivity index (χ2v) is 14.6. The number of benzene rings is 1. The van der Waals surface area contributed by atoms with E-state index in [0.29, 0.717) is 5.56 Å². The van der Waals surface area contributed by atoms with E-state index >= 15 is 0 Å². The lowest BCUT2D eigenvalue weighted by Gasteiger charge is -2.42. The van der Waals surface area contributed by atoms with E-state index in [9.17, 15) is 19.1 Å². The molecule has 158 valence electrons. The molecule has 0 spiro atoms. The second-order valence-electron chi connectivity index (χ2n) is 9.80. The average molecular weight is 412 g/mol. The van der Waals surface area contributed by atoms with Crippen LogP contribution >= 0.6 is 0 Å². The molecule has 0 fully saturated rings. The van der Waals surface area contributed by atoms with Crippen LogP contribution < -0.4 is 5.32 Å². The standard InChI is InChI=1S/C21H34FNO4Si/c1-20(2,3)18(24)17(27-28(7,8)21(4,5)6)16(23-19(25)26)13-14-10-9-11-15(22)12-14/h9-12,16-17,23H,13H2,1-8H3,(H,25,26)/t16-,17-/m0/s1. The van der Waals surface area contributed by atoms with Crippen LogP contribution in [0.4, 0.5) is 9.18 Å². The van der Waals surface area contributed by atoms with Gasteiger partial charge in [-0.15, -0.1) is 0 Å². The zero-order valence-corrected chi connectivity index (χ0v) is 19.2. The molecule has 28 heavy (non-hydrogen) atoms. The molecule has 1 aromatic carbocycles. The van der Waals surface area contributed by atoms with Crippen molar-refractivity contribution < 1.29 is 23.5 Å². The van der Waals surface area contributed by atoms with E-state index in [-0.39, 0.29) is 17.2 Å². The molecule has 5 nitrogen and oxygen atoms in total. The monoisotopic (exact) mass is 411 g/mol. The lowest BCUT2D eigenvalue weighted by Crippen LogP contribution is -2.57. The largest absolute Gasteiger partial charge is 0.465 e. The number of carbonyl (C=O) groups excluding carboxylic acids is 1. The molecule has 0 saturated carbocycles. The van der Waals surface area contributed by atoms with Crippen molar-refractivity contribution in [1.82, 2.24) is 5.32 Å². The third kappa shape index (κ3) is 6.70. The van der Waals surface area contributed by atoms with E-state index in [4.69, 9.17) is 4.43 Å². The van der Waals surface area contributed by atoms with Crippen LogP contribution in [0.25, 0.3) is 0 Å². The number of halogens is 1. The van der Waals surface area contributed by atoms with Crippen molar-refractivity contribution in [2.24, 2.45) is 5.41 Å². The normalized spacial score (nSPS) is 15.0. The second kappa shape index (κ2) is 8.74. The third-order valence-electron chi connectivity index (χ3n) is 5.24. The predicted molar refractivity (Wildman–Crippen MR) is 112 cm³/mol. The zero-order chi connectivity index (χ0) is 21.9. The molecule has 1 rings (SSSR count). The first kappa shape index (κ1) is 24.3. The molecule has 0 aliphatic rings. The van der Waals surface area contributed by atoms with Gasteiger partial charge in [0.15, 0.2) is 14.1 Å². The van der Waals surface area contributed by atoms with E-state index in [1.54, 1.807) is 32.9 Å². The van der Waals surface area contributed by atoms with Crippen LogP contribution in [0.3, 0.4) is 0 Å². The highest BCUT2D eigenvalue weighted by atomic mass is 28.4. The molecule has 0 unspecified atom stereocenters. The first-order valence-corrected chi connectivity index (χ1v) is 12.4. The van der Waals surface area contributed by atoms with Crippen LogP contribution in [0.15, 0.2) is 24.3 Å². The van der Waals surface area contributed by atoms with Gasteiger partial charge in [0, 0.05) is 5.41 Å². The number of rotatable bonds is 7. The lowest BCUT2D eigenvalue weighted by molar-refractivity contribution is -0.135. The predicted octanol–water partition coefficient (Wildman–Crippen LogP) is 5.01. The molecule has 2 atom stereocenters. The third-order valence-corrected chi connectivity index (χ3v) is 9.70. The quantitative estimate of drug-likeness (QED) is 0.619. The summed E-state index contributed by atoms with van der Waals surface area (Å²) in [6, 6.07) is 5.14. The maximum atomic E-state index is 13.6. The highest BCUT2D eigenvalue weighted by Crippen LogP contribution is 2.38. The van der Waals surface area contributed by atoms with Crippen molar-refractivity contribution in [2.75, 3.05) is 0 Å². The number of hydrogen-bond acceptors (Lipinski definition) is 3. The molecule has 0 aliphatic carbocycles. The summed E-state index contributed by atoms with van der Waals surface area (Å²) in [5, 5.41) is 11.7. The summed E-state index contributed by atoms with van der Waals surface area (Å²) in [6.45, 7) is 15.6. The van der Waals surface area contributed by atoms with Gasteiger partial charge in [0.25, 0.3) is 0 Å². The number of ketones is 1. The Hall–Kier alpha value is -1.73. The van der Waals surface area contributed by atoms with Crippen LogP contribution in [0.5, 0.6) is 0 Å². The summed E-state index contributed by atoms with van der Waals surface area (Å²) < 4.78 is 20.1. The Morgan fingerprint density at radius 1 is 1.18 bits per heavy atom. The Balaban J connectivity index is 3.36. The highest BCUT2D eigenvalue weighted by Gasteiger charge is 2.45. The highest BCUT2D eigenvalue weighted by molar-refractivity contribution is 6.74. The number of amides is 1. The molecule has 2 N–H and O–H groups in total. The molecular weight excluding hydrogens is 377 g/mol. The minimum atomic E-state index is -2.38. The van der Waals surface area contributed by atoms with Gasteiger partial charge in [0.05, 0.1) is 6.04 Å². The van der Waals surface area contributed by atoms with Crippen molar-refractivity contribution in [2.45, 2.75) is 78.2 Å². The summed E-state index contributed by atoms with van der Waals surface area (Å²) in [6.07, 6.45) is -2.04. The van der Waals surface area contributed by atoms with Crippen LogP contribution in [-0.2, 0) is 15.6 Å². The molecule has 7 heteroatoms. The van der Waals surface area contributed by atoms with Crippen LogP contribution in [0, 0.1) is 11.2 Å². The molecule has 0 aliphatic heterocycles. The Bertz CT molecular complexity index is 707. The molecule has 0 radical (unpaired) electrons. The van der Waals surface area contributed by atoms with E-state index in [2.05, 4.69) is 26.1 Å². The van der Waals surface area contributed by atoms with Crippen molar-refractivity contribution >= 4 is 20.2 Å². The lowest BCUT2D eigenvalue weighted by atomic mass is 9.84. The zero-order valence-electron chi connectivity index (χ0n) is 18.2. The molecule has 0 bridgehead atoms. The summed E-state index contributed by atoms with van der Waals surface area (Å²) in [7, 11) is -2.38. The Morgan fingerprint density at radius 3 is 2.18 bits per heavy atom. The van der Waals surface area contributed by atoms with E-state index < -0.39 is 37.8 Å². The number of hydrogen-bond donors (Lipinski definition) is 2. The van der Waals surface area contributed by atoms with Gasteiger partial charge in [-0.2, -0.15) is 0 Å². The Labute approximate surface area is 168 Å². The summed E-state index contributed by atoms with van der Waals surface area (Å²) in [5.41, 5.74) is -0.114. The summed E-state index contributed by atoms with van der Waals surface area (Å²) in [5.74, 6) is -0.580. The van der Waals surface area contributed by atoms with E-state index in [0.717, 1.165) is 0 Å². The maximum Gasteiger partial charge on any atom is 0.404 e. The van der Waals surface area contributed by atoms with Gasteiger partial charge in [-0.3, -0.25) is 4.79 Å².